The van der Waals surface area contributed by atoms with E-state index in [0.29, 0.717) is 17.3 Å². The molecule has 0 bridgehead atoms. The van der Waals surface area contributed by atoms with Crippen LogP contribution in [-0.2, 0) is 11.2 Å². The van der Waals surface area contributed by atoms with Gasteiger partial charge in [0, 0.05) is 17.3 Å². The second-order valence-electron chi connectivity index (χ2n) is 5.36. The Bertz CT molecular complexity index is 397. The van der Waals surface area contributed by atoms with Crippen LogP contribution in [0.5, 0.6) is 0 Å². The quantitative estimate of drug-likeness (QED) is 0.488. The summed E-state index contributed by atoms with van der Waals surface area (Å²) in [6, 6.07) is 4.66. The van der Waals surface area contributed by atoms with Gasteiger partial charge in [-0.3, -0.25) is 4.79 Å². The molecule has 0 fully saturated rings. The zero-order valence-corrected chi connectivity index (χ0v) is 13.8. The lowest BCUT2D eigenvalue weighted by Gasteiger charge is -2.03. The van der Waals surface area contributed by atoms with E-state index >= 15 is 0 Å². The summed E-state index contributed by atoms with van der Waals surface area (Å²) in [6.45, 7) is 2.21. The maximum absolute atomic E-state index is 13.2. The van der Waals surface area contributed by atoms with Gasteiger partial charge in [-0.1, -0.05) is 61.4 Å². The van der Waals surface area contributed by atoms with Crippen molar-refractivity contribution in [3.8, 4) is 0 Å². The molecule has 1 aromatic rings. The van der Waals surface area contributed by atoms with Gasteiger partial charge in [0.05, 0.1) is 0 Å². The molecule has 0 aliphatic rings. The third kappa shape index (κ3) is 7.78. The lowest BCUT2D eigenvalue weighted by molar-refractivity contribution is -0.118. The Balaban J connectivity index is 2.17. The number of hydrogen-bond donors (Lipinski definition) is 0. The Hall–Kier alpha value is -0.700. The van der Waals surface area contributed by atoms with Crippen LogP contribution in [0.1, 0.15) is 63.9 Å². The van der Waals surface area contributed by atoms with Gasteiger partial charge in [-0.25, -0.2) is 4.39 Å². The van der Waals surface area contributed by atoms with Gasteiger partial charge in [0.2, 0.25) is 0 Å². The SMILES string of the molecule is CCCCCCCCCC(=O)Cc1cc(F)cc(Br)c1. The van der Waals surface area contributed by atoms with Crippen LogP contribution in [0.3, 0.4) is 0 Å². The largest absolute Gasteiger partial charge is 0.299 e. The van der Waals surface area contributed by atoms with E-state index in [1.54, 1.807) is 0 Å². The Morgan fingerprint density at radius 3 is 2.35 bits per heavy atom. The third-order valence-corrected chi connectivity index (χ3v) is 3.84. The molecule has 0 heterocycles. The molecule has 0 aromatic heterocycles. The van der Waals surface area contributed by atoms with E-state index in [2.05, 4.69) is 22.9 Å². The normalized spacial score (nSPS) is 10.8. The van der Waals surface area contributed by atoms with Crippen molar-refractivity contribution < 1.29 is 9.18 Å². The molecule has 1 nitrogen and oxygen atoms in total. The van der Waals surface area contributed by atoms with Crippen molar-refractivity contribution in [3.05, 3.63) is 34.1 Å². The smallest absolute Gasteiger partial charge is 0.137 e. The number of Topliss-reactive ketones (excluding diaryl/α,β-unsaturated/α-hetero) is 1. The van der Waals surface area contributed by atoms with Crippen molar-refractivity contribution in [2.45, 2.75) is 64.7 Å². The number of carbonyl (C=O) groups is 1. The molecule has 0 unspecified atom stereocenters. The van der Waals surface area contributed by atoms with E-state index in [4.69, 9.17) is 0 Å². The number of carbonyl (C=O) groups excluding carboxylic acids is 1. The summed E-state index contributed by atoms with van der Waals surface area (Å²) >= 11 is 3.25. The summed E-state index contributed by atoms with van der Waals surface area (Å²) in [4.78, 5) is 11.8. The van der Waals surface area contributed by atoms with E-state index in [1.165, 1.54) is 44.2 Å². The first-order chi connectivity index (χ1) is 9.61. The summed E-state index contributed by atoms with van der Waals surface area (Å²) in [7, 11) is 0. The molecular weight excluding hydrogens is 319 g/mol. The number of benzene rings is 1. The first-order valence-corrected chi connectivity index (χ1v) is 8.37. The Kier molecular flexibility index (Phi) is 8.75. The molecule has 0 radical (unpaired) electrons. The molecule has 0 aliphatic carbocycles. The molecule has 112 valence electrons. The minimum Gasteiger partial charge on any atom is -0.299 e. The highest BCUT2D eigenvalue weighted by Gasteiger charge is 2.06. The summed E-state index contributed by atoms with van der Waals surface area (Å²) in [5, 5.41) is 0. The van der Waals surface area contributed by atoms with Gasteiger partial charge >= 0.3 is 0 Å². The lowest BCUT2D eigenvalue weighted by atomic mass is 10.0. The number of halogens is 2. The Labute approximate surface area is 130 Å². The van der Waals surface area contributed by atoms with E-state index in [9.17, 15) is 9.18 Å². The van der Waals surface area contributed by atoms with Crippen LogP contribution in [-0.4, -0.2) is 5.78 Å². The number of unbranched alkanes of at least 4 members (excludes halogenated alkanes) is 6. The Morgan fingerprint density at radius 1 is 1.05 bits per heavy atom. The molecule has 1 rings (SSSR count). The molecule has 0 saturated carbocycles. The van der Waals surface area contributed by atoms with Crippen molar-refractivity contribution in [2.75, 3.05) is 0 Å². The fourth-order valence-corrected chi connectivity index (χ4v) is 2.82. The molecule has 0 amide bonds. The van der Waals surface area contributed by atoms with Crippen LogP contribution in [0.4, 0.5) is 4.39 Å². The van der Waals surface area contributed by atoms with Crippen molar-refractivity contribution >= 4 is 21.7 Å². The van der Waals surface area contributed by atoms with E-state index in [1.807, 2.05) is 6.07 Å². The summed E-state index contributed by atoms with van der Waals surface area (Å²) < 4.78 is 13.9. The average molecular weight is 343 g/mol. The number of hydrogen-bond acceptors (Lipinski definition) is 1. The fourth-order valence-electron chi connectivity index (χ4n) is 2.31. The van der Waals surface area contributed by atoms with Crippen LogP contribution in [0, 0.1) is 5.82 Å². The van der Waals surface area contributed by atoms with E-state index in [-0.39, 0.29) is 11.6 Å². The highest BCUT2D eigenvalue weighted by Crippen LogP contribution is 2.16. The topological polar surface area (TPSA) is 17.1 Å². The zero-order valence-electron chi connectivity index (χ0n) is 12.3. The van der Waals surface area contributed by atoms with Crippen LogP contribution in [0.2, 0.25) is 0 Å². The van der Waals surface area contributed by atoms with Gasteiger partial charge in [0.1, 0.15) is 11.6 Å². The van der Waals surface area contributed by atoms with Gasteiger partial charge in [-0.15, -0.1) is 0 Å². The van der Waals surface area contributed by atoms with Crippen molar-refractivity contribution in [2.24, 2.45) is 0 Å². The van der Waals surface area contributed by atoms with E-state index < -0.39 is 0 Å². The summed E-state index contributed by atoms with van der Waals surface area (Å²) in [5.41, 5.74) is 0.754. The fraction of sp³-hybridized carbons (Fsp3) is 0.588. The number of rotatable bonds is 10. The highest BCUT2D eigenvalue weighted by molar-refractivity contribution is 9.10. The predicted molar refractivity (Wildman–Crippen MR) is 85.4 cm³/mol. The lowest BCUT2D eigenvalue weighted by Crippen LogP contribution is -2.03. The molecule has 0 saturated heterocycles. The molecule has 0 spiro atoms. The molecule has 0 N–H and O–H groups in total. The molecule has 20 heavy (non-hydrogen) atoms. The second kappa shape index (κ2) is 10.1. The second-order valence-corrected chi connectivity index (χ2v) is 6.28. The van der Waals surface area contributed by atoms with Gasteiger partial charge in [0.25, 0.3) is 0 Å². The maximum atomic E-state index is 13.2. The Morgan fingerprint density at radius 2 is 1.70 bits per heavy atom. The average Bonchev–Trinajstić information content (AvgIpc) is 2.36. The van der Waals surface area contributed by atoms with Crippen molar-refractivity contribution in [3.63, 3.8) is 0 Å². The highest BCUT2D eigenvalue weighted by atomic mass is 79.9. The van der Waals surface area contributed by atoms with Crippen LogP contribution >= 0.6 is 15.9 Å². The van der Waals surface area contributed by atoms with Gasteiger partial charge < -0.3 is 0 Å². The monoisotopic (exact) mass is 342 g/mol. The predicted octanol–water partition coefficient (Wildman–Crippen LogP) is 5.84. The molecular formula is C17H24BrFO. The van der Waals surface area contributed by atoms with Crippen LogP contribution < -0.4 is 0 Å². The van der Waals surface area contributed by atoms with Gasteiger partial charge in [-0.2, -0.15) is 0 Å². The minimum absolute atomic E-state index is 0.205. The summed E-state index contributed by atoms with van der Waals surface area (Å²) in [5.74, 6) is -0.0887. The molecule has 0 atom stereocenters. The van der Waals surface area contributed by atoms with E-state index in [0.717, 1.165) is 18.4 Å². The first kappa shape index (κ1) is 17.4. The summed E-state index contributed by atoms with van der Waals surface area (Å²) in [6.07, 6.45) is 9.42. The maximum Gasteiger partial charge on any atom is 0.137 e. The minimum atomic E-state index is -0.293. The van der Waals surface area contributed by atoms with Crippen molar-refractivity contribution in [1.82, 2.24) is 0 Å². The molecule has 3 heteroatoms. The number of ketones is 1. The zero-order chi connectivity index (χ0) is 14.8. The van der Waals surface area contributed by atoms with Gasteiger partial charge in [0.15, 0.2) is 0 Å². The molecule has 1 aromatic carbocycles. The van der Waals surface area contributed by atoms with Crippen LogP contribution in [0.15, 0.2) is 22.7 Å². The van der Waals surface area contributed by atoms with Crippen LogP contribution in [0.25, 0.3) is 0 Å². The third-order valence-electron chi connectivity index (χ3n) is 3.38. The first-order valence-electron chi connectivity index (χ1n) is 7.58. The molecule has 0 aliphatic heterocycles. The standard InChI is InChI=1S/C17H24BrFO/c1-2-3-4-5-6-7-8-9-17(20)12-14-10-15(18)13-16(19)11-14/h10-11,13H,2-9,12H2,1H3. The van der Waals surface area contributed by atoms with Gasteiger partial charge in [-0.05, 0) is 30.2 Å². The van der Waals surface area contributed by atoms with Crippen molar-refractivity contribution in [1.29, 1.82) is 0 Å².